The van der Waals surface area contributed by atoms with Gasteiger partial charge in [-0.25, -0.2) is 4.99 Å². The first-order valence-corrected chi connectivity index (χ1v) is 8.22. The molecular formula is C18H24N4. The Kier molecular flexibility index (Phi) is 4.88. The molecule has 4 nitrogen and oxygen atoms in total. The van der Waals surface area contributed by atoms with E-state index in [1.807, 2.05) is 30.5 Å². The van der Waals surface area contributed by atoms with Gasteiger partial charge in [-0.1, -0.05) is 43.9 Å². The van der Waals surface area contributed by atoms with Gasteiger partial charge in [-0.3, -0.25) is 4.98 Å². The molecule has 4 heteroatoms. The predicted molar refractivity (Wildman–Crippen MR) is 91.7 cm³/mol. The molecule has 1 aromatic carbocycles. The molecule has 1 saturated carbocycles. The lowest BCUT2D eigenvalue weighted by Crippen LogP contribution is -2.39. The van der Waals surface area contributed by atoms with Crippen LogP contribution >= 0.6 is 0 Å². The monoisotopic (exact) mass is 296 g/mol. The van der Waals surface area contributed by atoms with Crippen molar-refractivity contribution in [2.75, 3.05) is 0 Å². The van der Waals surface area contributed by atoms with Crippen LogP contribution in [0.5, 0.6) is 0 Å². The van der Waals surface area contributed by atoms with Crippen LogP contribution in [0.4, 0.5) is 0 Å². The van der Waals surface area contributed by atoms with Gasteiger partial charge in [0.1, 0.15) is 0 Å². The van der Waals surface area contributed by atoms with Crippen molar-refractivity contribution in [1.82, 2.24) is 10.3 Å². The van der Waals surface area contributed by atoms with Crippen LogP contribution in [0, 0.1) is 0 Å². The van der Waals surface area contributed by atoms with Crippen LogP contribution in [0.2, 0.25) is 0 Å². The second kappa shape index (κ2) is 7.25. The Morgan fingerprint density at radius 1 is 1.14 bits per heavy atom. The number of nitrogens with two attached hydrogens (primary N) is 1. The number of aliphatic imine (C=N–C) groups is 1. The average molecular weight is 296 g/mol. The van der Waals surface area contributed by atoms with Gasteiger partial charge >= 0.3 is 0 Å². The summed E-state index contributed by atoms with van der Waals surface area (Å²) in [6.07, 6.45) is 9.52. The third-order valence-corrected chi connectivity index (χ3v) is 4.37. The zero-order valence-corrected chi connectivity index (χ0v) is 13.0. The molecule has 0 aliphatic heterocycles. The lowest BCUT2D eigenvalue weighted by molar-refractivity contribution is 0.530. The maximum atomic E-state index is 6.07. The highest BCUT2D eigenvalue weighted by atomic mass is 15.1. The number of nitrogens with zero attached hydrogens (tertiary/aromatic N) is 2. The SMILES string of the molecule is NC(=NCc1ccnc2ccccc12)NC1CCCCCC1. The fraction of sp³-hybridized carbons (Fsp3) is 0.444. The van der Waals surface area contributed by atoms with Gasteiger partial charge < -0.3 is 11.1 Å². The van der Waals surface area contributed by atoms with Gasteiger partial charge in [-0.2, -0.15) is 0 Å². The molecule has 1 aliphatic rings. The van der Waals surface area contributed by atoms with E-state index in [1.54, 1.807) is 0 Å². The van der Waals surface area contributed by atoms with Gasteiger partial charge in [-0.05, 0) is 30.5 Å². The number of hydrogen-bond acceptors (Lipinski definition) is 2. The Balaban J connectivity index is 1.66. The molecular weight excluding hydrogens is 272 g/mol. The molecule has 0 atom stereocenters. The zero-order chi connectivity index (χ0) is 15.2. The van der Waals surface area contributed by atoms with Crippen molar-refractivity contribution < 1.29 is 0 Å². The molecule has 0 saturated heterocycles. The van der Waals surface area contributed by atoms with Crippen LogP contribution in [0.1, 0.15) is 44.1 Å². The van der Waals surface area contributed by atoms with Crippen molar-refractivity contribution >= 4 is 16.9 Å². The maximum absolute atomic E-state index is 6.07. The topological polar surface area (TPSA) is 63.3 Å². The summed E-state index contributed by atoms with van der Waals surface area (Å²) in [4.78, 5) is 8.90. The molecule has 3 rings (SSSR count). The van der Waals surface area contributed by atoms with Crippen LogP contribution in [-0.2, 0) is 6.54 Å². The quantitative estimate of drug-likeness (QED) is 0.518. The van der Waals surface area contributed by atoms with Crippen LogP contribution in [0.25, 0.3) is 10.9 Å². The number of aromatic nitrogens is 1. The van der Waals surface area contributed by atoms with Gasteiger partial charge in [0.25, 0.3) is 0 Å². The van der Waals surface area contributed by atoms with Gasteiger partial charge in [0.05, 0.1) is 12.1 Å². The van der Waals surface area contributed by atoms with Crippen molar-refractivity contribution in [3.63, 3.8) is 0 Å². The van der Waals surface area contributed by atoms with Crippen LogP contribution in [-0.4, -0.2) is 17.0 Å². The lowest BCUT2D eigenvalue weighted by atomic mass is 10.1. The first-order chi connectivity index (χ1) is 10.8. The number of rotatable bonds is 3. The highest BCUT2D eigenvalue weighted by Gasteiger charge is 2.12. The van der Waals surface area contributed by atoms with E-state index in [-0.39, 0.29) is 0 Å². The molecule has 1 aliphatic carbocycles. The molecule has 3 N–H and O–H groups in total. The van der Waals surface area contributed by atoms with Gasteiger partial charge in [0.2, 0.25) is 0 Å². The van der Waals surface area contributed by atoms with Crippen molar-refractivity contribution in [2.24, 2.45) is 10.7 Å². The van der Waals surface area contributed by atoms with E-state index in [2.05, 4.69) is 21.4 Å². The number of pyridine rings is 1. The first-order valence-electron chi connectivity index (χ1n) is 8.22. The minimum absolute atomic E-state index is 0.487. The van der Waals surface area contributed by atoms with Gasteiger partial charge in [0.15, 0.2) is 5.96 Å². The largest absolute Gasteiger partial charge is 0.370 e. The Labute approximate surface area is 131 Å². The molecule has 1 heterocycles. The van der Waals surface area contributed by atoms with E-state index in [0.717, 1.165) is 16.5 Å². The fourth-order valence-electron chi connectivity index (χ4n) is 3.14. The summed E-state index contributed by atoms with van der Waals surface area (Å²) in [5.41, 5.74) is 8.24. The third-order valence-electron chi connectivity index (χ3n) is 4.37. The molecule has 0 amide bonds. The lowest BCUT2D eigenvalue weighted by Gasteiger charge is -2.16. The molecule has 2 aromatic rings. The van der Waals surface area contributed by atoms with E-state index in [1.165, 1.54) is 38.5 Å². The fourth-order valence-corrected chi connectivity index (χ4v) is 3.14. The summed E-state index contributed by atoms with van der Waals surface area (Å²) in [6, 6.07) is 10.7. The predicted octanol–water partition coefficient (Wildman–Crippen LogP) is 3.36. The Bertz CT molecular complexity index is 637. The highest BCUT2D eigenvalue weighted by molar-refractivity contribution is 5.82. The third kappa shape index (κ3) is 3.75. The molecule has 1 aromatic heterocycles. The molecule has 0 unspecified atom stereocenters. The zero-order valence-electron chi connectivity index (χ0n) is 13.0. The molecule has 1 fully saturated rings. The number of fused-ring (bicyclic) bond motifs is 1. The second-order valence-electron chi connectivity index (χ2n) is 6.02. The minimum atomic E-state index is 0.487. The minimum Gasteiger partial charge on any atom is -0.370 e. The van der Waals surface area contributed by atoms with E-state index >= 15 is 0 Å². The average Bonchev–Trinajstić information content (AvgIpc) is 2.81. The van der Waals surface area contributed by atoms with E-state index in [9.17, 15) is 0 Å². The van der Waals surface area contributed by atoms with Crippen molar-refractivity contribution in [3.05, 3.63) is 42.1 Å². The summed E-state index contributed by atoms with van der Waals surface area (Å²) in [7, 11) is 0. The Hall–Kier alpha value is -2.10. The molecule has 0 bridgehead atoms. The number of hydrogen-bond donors (Lipinski definition) is 2. The second-order valence-corrected chi connectivity index (χ2v) is 6.02. The summed E-state index contributed by atoms with van der Waals surface area (Å²) in [6.45, 7) is 0.592. The Morgan fingerprint density at radius 3 is 2.73 bits per heavy atom. The molecule has 116 valence electrons. The van der Waals surface area contributed by atoms with Crippen molar-refractivity contribution in [2.45, 2.75) is 51.1 Å². The summed E-state index contributed by atoms with van der Waals surface area (Å²) in [5, 5.41) is 4.54. The number of guanidine groups is 1. The van der Waals surface area contributed by atoms with Crippen LogP contribution in [0.3, 0.4) is 0 Å². The number of benzene rings is 1. The summed E-state index contributed by atoms with van der Waals surface area (Å²) < 4.78 is 0. The summed E-state index contributed by atoms with van der Waals surface area (Å²) in [5.74, 6) is 0.563. The molecule has 22 heavy (non-hydrogen) atoms. The van der Waals surface area contributed by atoms with Crippen LogP contribution < -0.4 is 11.1 Å². The maximum Gasteiger partial charge on any atom is 0.189 e. The summed E-state index contributed by atoms with van der Waals surface area (Å²) >= 11 is 0. The van der Waals surface area contributed by atoms with Crippen molar-refractivity contribution in [1.29, 1.82) is 0 Å². The standard InChI is InChI=1S/C18H24N4/c19-18(22-15-7-3-1-2-4-8-15)21-13-14-11-12-20-17-10-6-5-9-16(14)17/h5-6,9-12,15H,1-4,7-8,13H2,(H3,19,21,22). The van der Waals surface area contributed by atoms with Crippen LogP contribution in [0.15, 0.2) is 41.5 Å². The molecule has 0 spiro atoms. The van der Waals surface area contributed by atoms with E-state index in [4.69, 9.17) is 5.73 Å². The first kappa shape index (κ1) is 14.8. The van der Waals surface area contributed by atoms with Gasteiger partial charge in [0, 0.05) is 17.6 Å². The normalized spacial score (nSPS) is 17.4. The van der Waals surface area contributed by atoms with E-state index < -0.39 is 0 Å². The highest BCUT2D eigenvalue weighted by Crippen LogP contribution is 2.18. The smallest absolute Gasteiger partial charge is 0.189 e. The van der Waals surface area contributed by atoms with Crippen molar-refractivity contribution in [3.8, 4) is 0 Å². The Morgan fingerprint density at radius 2 is 1.91 bits per heavy atom. The molecule has 0 radical (unpaired) electrons. The van der Waals surface area contributed by atoms with E-state index in [0.29, 0.717) is 18.5 Å². The van der Waals surface area contributed by atoms with Gasteiger partial charge in [-0.15, -0.1) is 0 Å². The number of para-hydroxylation sites is 1. The number of nitrogens with one attached hydrogen (secondary N) is 1.